The molecule has 0 unspecified atom stereocenters. The third kappa shape index (κ3) is 1.67. The number of carbonyl (C=O) groups excluding carboxylic acids is 1. The number of nitriles is 1. The molecule has 1 aromatic rings. The maximum atomic E-state index is 12.8. The van der Waals surface area contributed by atoms with Crippen molar-refractivity contribution in [3.8, 4) is 6.07 Å². The lowest BCUT2D eigenvalue weighted by molar-refractivity contribution is 0.112. The number of rotatable bonds is 2. The molecular weight excluding hydrogens is 157 g/mol. The van der Waals surface area contributed by atoms with E-state index in [4.69, 9.17) is 5.26 Å². The van der Waals surface area contributed by atoms with Crippen molar-refractivity contribution in [3.63, 3.8) is 0 Å². The molecule has 2 nitrogen and oxygen atoms in total. The summed E-state index contributed by atoms with van der Waals surface area (Å²) >= 11 is 0. The summed E-state index contributed by atoms with van der Waals surface area (Å²) in [4.78, 5) is 10.3. The first-order chi connectivity index (χ1) is 5.77. The van der Waals surface area contributed by atoms with Crippen molar-refractivity contribution in [2.45, 2.75) is 6.42 Å². The summed E-state index contributed by atoms with van der Waals surface area (Å²) < 4.78 is 12.8. The first-order valence-electron chi connectivity index (χ1n) is 3.38. The topological polar surface area (TPSA) is 40.9 Å². The molecule has 0 aromatic heterocycles. The first kappa shape index (κ1) is 8.41. The predicted molar refractivity (Wildman–Crippen MR) is 41.1 cm³/mol. The number of hydrogen-bond acceptors (Lipinski definition) is 2. The normalized spacial score (nSPS) is 9.00. The summed E-state index contributed by atoms with van der Waals surface area (Å²) in [5.74, 6) is -0.442. The molecule has 0 N–H and O–H groups in total. The van der Waals surface area contributed by atoms with Crippen molar-refractivity contribution in [2.75, 3.05) is 0 Å². The molecule has 60 valence electrons. The van der Waals surface area contributed by atoms with Crippen LogP contribution in [0.1, 0.15) is 15.9 Å². The third-order valence-corrected chi connectivity index (χ3v) is 1.48. The van der Waals surface area contributed by atoms with Crippen molar-refractivity contribution >= 4 is 6.29 Å². The molecular formula is C9H6FNO. The van der Waals surface area contributed by atoms with Crippen LogP contribution in [0, 0.1) is 17.1 Å². The van der Waals surface area contributed by atoms with Gasteiger partial charge in [0.15, 0.2) is 0 Å². The largest absolute Gasteiger partial charge is 0.298 e. The fourth-order valence-corrected chi connectivity index (χ4v) is 0.889. The molecule has 0 amide bonds. The van der Waals surface area contributed by atoms with Crippen LogP contribution in [-0.4, -0.2) is 6.29 Å². The van der Waals surface area contributed by atoms with Gasteiger partial charge in [-0.25, -0.2) is 4.39 Å². The minimum Gasteiger partial charge on any atom is -0.298 e. The average molecular weight is 163 g/mol. The molecule has 1 rings (SSSR count). The Morgan fingerprint density at radius 3 is 2.92 bits per heavy atom. The molecule has 0 aliphatic rings. The molecule has 0 bridgehead atoms. The number of halogens is 1. The van der Waals surface area contributed by atoms with E-state index < -0.39 is 5.82 Å². The van der Waals surface area contributed by atoms with E-state index in [1.165, 1.54) is 18.2 Å². The van der Waals surface area contributed by atoms with Crippen molar-refractivity contribution in [1.82, 2.24) is 0 Å². The van der Waals surface area contributed by atoms with Crippen LogP contribution in [0.15, 0.2) is 18.2 Å². The van der Waals surface area contributed by atoms with E-state index in [1.54, 1.807) is 0 Å². The molecule has 0 aliphatic heterocycles. The highest BCUT2D eigenvalue weighted by atomic mass is 19.1. The van der Waals surface area contributed by atoms with Crippen molar-refractivity contribution < 1.29 is 9.18 Å². The zero-order valence-corrected chi connectivity index (χ0v) is 6.25. The average Bonchev–Trinajstić information content (AvgIpc) is 2.09. The Bertz CT molecular complexity index is 341. The Morgan fingerprint density at radius 2 is 2.33 bits per heavy atom. The lowest BCUT2D eigenvalue weighted by atomic mass is 10.1. The second-order valence-corrected chi connectivity index (χ2v) is 2.30. The Kier molecular flexibility index (Phi) is 2.54. The van der Waals surface area contributed by atoms with Crippen molar-refractivity contribution in [2.24, 2.45) is 0 Å². The molecule has 0 heterocycles. The third-order valence-electron chi connectivity index (χ3n) is 1.48. The summed E-state index contributed by atoms with van der Waals surface area (Å²) in [5, 5.41) is 8.30. The lowest BCUT2D eigenvalue weighted by Crippen LogP contribution is -1.90. The van der Waals surface area contributed by atoms with Gasteiger partial charge in [-0.1, -0.05) is 0 Å². The van der Waals surface area contributed by atoms with Crippen LogP contribution in [0.3, 0.4) is 0 Å². The highest BCUT2D eigenvalue weighted by Gasteiger charge is 2.01. The number of benzene rings is 1. The lowest BCUT2D eigenvalue weighted by Gasteiger charge is -1.97. The molecule has 1 aromatic carbocycles. The molecule has 0 atom stereocenters. The van der Waals surface area contributed by atoms with Crippen LogP contribution >= 0.6 is 0 Å². The molecule has 12 heavy (non-hydrogen) atoms. The summed E-state index contributed by atoms with van der Waals surface area (Å²) in [7, 11) is 0. The summed E-state index contributed by atoms with van der Waals surface area (Å²) in [6, 6.07) is 5.77. The summed E-state index contributed by atoms with van der Waals surface area (Å²) in [6.45, 7) is 0. The SMILES string of the molecule is N#CCc1cc(C=O)ccc1F. The maximum Gasteiger partial charge on any atom is 0.150 e. The van der Waals surface area contributed by atoms with E-state index in [0.29, 0.717) is 11.8 Å². The van der Waals surface area contributed by atoms with Gasteiger partial charge < -0.3 is 0 Å². The minimum absolute atomic E-state index is 0.00644. The second kappa shape index (κ2) is 3.63. The van der Waals surface area contributed by atoms with Crippen LogP contribution in [0.5, 0.6) is 0 Å². The van der Waals surface area contributed by atoms with Crippen LogP contribution in [0.4, 0.5) is 4.39 Å². The zero-order valence-electron chi connectivity index (χ0n) is 6.25. The maximum absolute atomic E-state index is 12.8. The van der Waals surface area contributed by atoms with Gasteiger partial charge in [0, 0.05) is 11.1 Å². The van der Waals surface area contributed by atoms with Crippen LogP contribution < -0.4 is 0 Å². The summed E-state index contributed by atoms with van der Waals surface area (Å²) in [6.07, 6.45) is 0.619. The van der Waals surface area contributed by atoms with Gasteiger partial charge in [0.2, 0.25) is 0 Å². The van der Waals surface area contributed by atoms with E-state index in [1.807, 2.05) is 6.07 Å². The monoisotopic (exact) mass is 163 g/mol. The fourth-order valence-electron chi connectivity index (χ4n) is 0.889. The number of hydrogen-bond donors (Lipinski definition) is 0. The molecule has 0 saturated carbocycles. The van der Waals surface area contributed by atoms with Crippen LogP contribution in [-0.2, 0) is 6.42 Å². The number of nitrogens with zero attached hydrogens (tertiary/aromatic N) is 1. The second-order valence-electron chi connectivity index (χ2n) is 2.30. The molecule has 0 radical (unpaired) electrons. The molecule has 3 heteroatoms. The van der Waals surface area contributed by atoms with Gasteiger partial charge in [-0.05, 0) is 18.2 Å². The Labute approximate surface area is 69.2 Å². The number of carbonyl (C=O) groups is 1. The fraction of sp³-hybridized carbons (Fsp3) is 0.111. The Hall–Kier alpha value is -1.69. The minimum atomic E-state index is -0.442. The van der Waals surface area contributed by atoms with E-state index in [2.05, 4.69) is 0 Å². The van der Waals surface area contributed by atoms with Gasteiger partial charge in [0.1, 0.15) is 12.1 Å². The van der Waals surface area contributed by atoms with Crippen LogP contribution in [0.2, 0.25) is 0 Å². The van der Waals surface area contributed by atoms with Gasteiger partial charge in [-0.3, -0.25) is 4.79 Å². The van der Waals surface area contributed by atoms with Crippen molar-refractivity contribution in [1.29, 1.82) is 5.26 Å². The molecule has 0 saturated heterocycles. The van der Waals surface area contributed by atoms with Gasteiger partial charge in [-0.15, -0.1) is 0 Å². The predicted octanol–water partition coefficient (Wildman–Crippen LogP) is 1.70. The molecule has 0 spiro atoms. The van der Waals surface area contributed by atoms with Crippen LogP contribution in [0.25, 0.3) is 0 Å². The summed E-state index contributed by atoms with van der Waals surface area (Å²) in [5.41, 5.74) is 0.656. The Morgan fingerprint density at radius 1 is 1.58 bits per heavy atom. The Balaban J connectivity index is 3.09. The number of aldehydes is 1. The smallest absolute Gasteiger partial charge is 0.150 e. The standard InChI is InChI=1S/C9H6FNO/c10-9-2-1-7(6-12)5-8(9)3-4-11/h1-2,5-6H,3H2. The molecule has 0 fully saturated rings. The van der Waals surface area contributed by atoms with E-state index in [0.717, 1.165) is 0 Å². The highest BCUT2D eigenvalue weighted by molar-refractivity contribution is 5.75. The first-order valence-corrected chi connectivity index (χ1v) is 3.38. The zero-order chi connectivity index (χ0) is 8.97. The molecule has 0 aliphatic carbocycles. The van der Waals surface area contributed by atoms with Gasteiger partial charge >= 0.3 is 0 Å². The van der Waals surface area contributed by atoms with Gasteiger partial charge in [-0.2, -0.15) is 5.26 Å². The van der Waals surface area contributed by atoms with Gasteiger partial charge in [0.25, 0.3) is 0 Å². The van der Waals surface area contributed by atoms with Crippen molar-refractivity contribution in [3.05, 3.63) is 35.1 Å². The van der Waals surface area contributed by atoms with Gasteiger partial charge in [0.05, 0.1) is 12.5 Å². The van der Waals surface area contributed by atoms with E-state index >= 15 is 0 Å². The van der Waals surface area contributed by atoms with E-state index in [-0.39, 0.29) is 12.0 Å². The highest BCUT2D eigenvalue weighted by Crippen LogP contribution is 2.09. The van der Waals surface area contributed by atoms with E-state index in [9.17, 15) is 9.18 Å². The quantitative estimate of drug-likeness (QED) is 0.622.